The van der Waals surface area contributed by atoms with E-state index >= 15 is 0 Å². The maximum atomic E-state index is 13.0. The molecule has 2 N–H and O–H groups in total. The number of benzene rings is 1. The second-order valence-corrected chi connectivity index (χ2v) is 6.08. The highest BCUT2D eigenvalue weighted by Crippen LogP contribution is 2.18. The molecule has 1 unspecified atom stereocenters. The lowest BCUT2D eigenvalue weighted by Crippen LogP contribution is -2.45. The van der Waals surface area contributed by atoms with Crippen LogP contribution in [-0.2, 0) is 10.0 Å². The molecule has 1 aromatic rings. The minimum atomic E-state index is -4.06. The van der Waals surface area contributed by atoms with Crippen molar-refractivity contribution in [3.8, 4) is 0 Å². The second kappa shape index (κ2) is 5.48. The van der Waals surface area contributed by atoms with Crippen LogP contribution in [-0.4, -0.2) is 27.5 Å². The summed E-state index contributed by atoms with van der Waals surface area (Å²) >= 11 is 0. The number of piperidine rings is 1. The summed E-state index contributed by atoms with van der Waals surface area (Å²) in [5, 5.41) is 3.01. The molecule has 1 aromatic carbocycles. The monoisotopic (exact) mass is 294 g/mol. The van der Waals surface area contributed by atoms with Gasteiger partial charge in [0, 0.05) is 12.6 Å². The zero-order valence-electron chi connectivity index (χ0n) is 9.92. The summed E-state index contributed by atoms with van der Waals surface area (Å²) in [4.78, 5) is -0.616. The molecule has 1 saturated heterocycles. The fourth-order valence-corrected chi connectivity index (χ4v) is 3.22. The summed E-state index contributed by atoms with van der Waals surface area (Å²) in [5.41, 5.74) is 0. The lowest BCUT2D eigenvalue weighted by Gasteiger charge is -2.23. The summed E-state index contributed by atoms with van der Waals surface area (Å²) in [5.74, 6) is -4.73. The van der Waals surface area contributed by atoms with Crippen LogP contribution >= 0.6 is 0 Å². The molecular formula is C11H13F3N2O2S. The molecule has 0 bridgehead atoms. The SMILES string of the molecule is O=S(=O)(NC1CCCNC1)c1cc(F)c(F)c(F)c1. The van der Waals surface area contributed by atoms with E-state index in [-0.39, 0.29) is 6.04 Å². The molecule has 8 heteroatoms. The van der Waals surface area contributed by atoms with E-state index in [4.69, 9.17) is 0 Å². The van der Waals surface area contributed by atoms with Gasteiger partial charge in [-0.25, -0.2) is 26.3 Å². The first kappa shape index (κ1) is 14.3. The van der Waals surface area contributed by atoms with Crippen LogP contribution in [0.25, 0.3) is 0 Å². The molecule has 4 nitrogen and oxygen atoms in total. The topological polar surface area (TPSA) is 58.2 Å². The van der Waals surface area contributed by atoms with Gasteiger partial charge in [0.25, 0.3) is 0 Å². The molecule has 19 heavy (non-hydrogen) atoms. The molecule has 0 aliphatic carbocycles. The second-order valence-electron chi connectivity index (χ2n) is 4.37. The van der Waals surface area contributed by atoms with Crippen molar-refractivity contribution >= 4 is 10.0 Å². The van der Waals surface area contributed by atoms with Crippen LogP contribution in [0.2, 0.25) is 0 Å². The molecule has 0 saturated carbocycles. The molecule has 0 amide bonds. The van der Waals surface area contributed by atoms with Crippen LogP contribution in [0.5, 0.6) is 0 Å². The zero-order chi connectivity index (χ0) is 14.0. The molecule has 0 radical (unpaired) electrons. The van der Waals surface area contributed by atoms with Gasteiger partial charge in [0.2, 0.25) is 10.0 Å². The standard InChI is InChI=1S/C11H13F3N2O2S/c12-9-4-8(5-10(13)11(9)14)19(17,18)16-7-2-1-3-15-6-7/h4-5,7,15-16H,1-3,6H2. The summed E-state index contributed by atoms with van der Waals surface area (Å²) < 4.78 is 65.0. The molecule has 1 fully saturated rings. The Labute approximate surface area is 109 Å². The third-order valence-electron chi connectivity index (χ3n) is 2.89. The van der Waals surface area contributed by atoms with Crippen LogP contribution in [0.4, 0.5) is 13.2 Å². The van der Waals surface area contributed by atoms with E-state index in [1.165, 1.54) is 0 Å². The Bertz CT molecular complexity index is 548. The minimum Gasteiger partial charge on any atom is -0.315 e. The summed E-state index contributed by atoms with van der Waals surface area (Å²) in [6, 6.07) is 0.600. The lowest BCUT2D eigenvalue weighted by atomic mass is 10.1. The molecular weight excluding hydrogens is 281 g/mol. The Morgan fingerprint density at radius 3 is 2.37 bits per heavy atom. The summed E-state index contributed by atoms with van der Waals surface area (Å²) in [6.07, 6.45) is 1.44. The van der Waals surface area contributed by atoms with Gasteiger partial charge in [-0.15, -0.1) is 0 Å². The molecule has 1 atom stereocenters. The van der Waals surface area contributed by atoms with Crippen molar-refractivity contribution < 1.29 is 21.6 Å². The lowest BCUT2D eigenvalue weighted by molar-refractivity contribution is 0.426. The zero-order valence-corrected chi connectivity index (χ0v) is 10.7. The Morgan fingerprint density at radius 1 is 1.21 bits per heavy atom. The molecule has 1 aliphatic heterocycles. The van der Waals surface area contributed by atoms with Crippen LogP contribution in [0.1, 0.15) is 12.8 Å². The van der Waals surface area contributed by atoms with Crippen LogP contribution in [0.15, 0.2) is 17.0 Å². The predicted molar refractivity (Wildman–Crippen MR) is 62.5 cm³/mol. The highest BCUT2D eigenvalue weighted by molar-refractivity contribution is 7.89. The van der Waals surface area contributed by atoms with Gasteiger partial charge in [-0.05, 0) is 31.5 Å². The normalized spacial score (nSPS) is 20.5. The fourth-order valence-electron chi connectivity index (χ4n) is 1.93. The first-order valence-electron chi connectivity index (χ1n) is 5.78. The van der Waals surface area contributed by atoms with Gasteiger partial charge in [0.05, 0.1) is 4.90 Å². The van der Waals surface area contributed by atoms with E-state index in [1.54, 1.807) is 0 Å². The van der Waals surface area contributed by atoms with Crippen molar-refractivity contribution in [1.82, 2.24) is 10.0 Å². The first-order valence-corrected chi connectivity index (χ1v) is 7.26. The van der Waals surface area contributed by atoms with Gasteiger partial charge in [-0.3, -0.25) is 0 Å². The Kier molecular flexibility index (Phi) is 4.12. The smallest absolute Gasteiger partial charge is 0.241 e. The van der Waals surface area contributed by atoms with E-state index < -0.39 is 32.4 Å². The summed E-state index contributed by atoms with van der Waals surface area (Å²) in [6.45, 7) is 1.25. The predicted octanol–water partition coefficient (Wildman–Crippen LogP) is 1.13. The number of hydrogen-bond donors (Lipinski definition) is 2. The molecule has 1 heterocycles. The van der Waals surface area contributed by atoms with E-state index in [0.717, 1.165) is 13.0 Å². The first-order chi connectivity index (χ1) is 8.90. The Morgan fingerprint density at radius 2 is 1.84 bits per heavy atom. The average molecular weight is 294 g/mol. The Balaban J connectivity index is 2.24. The van der Waals surface area contributed by atoms with Crippen LogP contribution in [0, 0.1) is 17.5 Å². The fraction of sp³-hybridized carbons (Fsp3) is 0.455. The van der Waals surface area contributed by atoms with Crippen molar-refractivity contribution in [2.45, 2.75) is 23.8 Å². The number of hydrogen-bond acceptors (Lipinski definition) is 3. The van der Waals surface area contributed by atoms with Crippen molar-refractivity contribution in [3.63, 3.8) is 0 Å². The van der Waals surface area contributed by atoms with Crippen molar-refractivity contribution in [2.75, 3.05) is 13.1 Å². The van der Waals surface area contributed by atoms with Crippen LogP contribution < -0.4 is 10.0 Å². The molecule has 1 aliphatic rings. The van der Waals surface area contributed by atoms with Gasteiger partial charge in [-0.2, -0.15) is 0 Å². The van der Waals surface area contributed by atoms with Gasteiger partial charge < -0.3 is 5.32 Å². The van der Waals surface area contributed by atoms with Crippen molar-refractivity contribution in [3.05, 3.63) is 29.6 Å². The Hall–Kier alpha value is -1.12. The maximum Gasteiger partial charge on any atom is 0.241 e. The number of nitrogens with one attached hydrogen (secondary N) is 2. The van der Waals surface area contributed by atoms with Gasteiger partial charge in [0.15, 0.2) is 17.5 Å². The molecule has 0 spiro atoms. The van der Waals surface area contributed by atoms with E-state index in [2.05, 4.69) is 10.0 Å². The van der Waals surface area contributed by atoms with Crippen molar-refractivity contribution in [1.29, 1.82) is 0 Å². The molecule has 106 valence electrons. The minimum absolute atomic E-state index is 0.338. The van der Waals surface area contributed by atoms with E-state index in [0.29, 0.717) is 25.1 Å². The van der Waals surface area contributed by atoms with Gasteiger partial charge in [0.1, 0.15) is 0 Å². The number of sulfonamides is 1. The quantitative estimate of drug-likeness (QED) is 0.822. The highest BCUT2D eigenvalue weighted by atomic mass is 32.2. The van der Waals surface area contributed by atoms with E-state index in [9.17, 15) is 21.6 Å². The number of halogens is 3. The average Bonchev–Trinajstić information content (AvgIpc) is 2.36. The number of rotatable bonds is 3. The summed E-state index contributed by atoms with van der Waals surface area (Å²) in [7, 11) is -4.06. The van der Waals surface area contributed by atoms with E-state index in [1.807, 2.05) is 0 Å². The van der Waals surface area contributed by atoms with Crippen molar-refractivity contribution in [2.24, 2.45) is 0 Å². The van der Waals surface area contributed by atoms with Crippen LogP contribution in [0.3, 0.4) is 0 Å². The molecule has 0 aromatic heterocycles. The largest absolute Gasteiger partial charge is 0.315 e. The highest BCUT2D eigenvalue weighted by Gasteiger charge is 2.24. The third-order valence-corrected chi connectivity index (χ3v) is 4.39. The van der Waals surface area contributed by atoms with Gasteiger partial charge in [-0.1, -0.05) is 0 Å². The van der Waals surface area contributed by atoms with Gasteiger partial charge >= 0.3 is 0 Å². The molecule has 2 rings (SSSR count). The third kappa shape index (κ3) is 3.26. The maximum absolute atomic E-state index is 13.0.